The van der Waals surface area contributed by atoms with Crippen molar-refractivity contribution in [2.45, 2.75) is 54.1 Å². The lowest BCUT2D eigenvalue weighted by molar-refractivity contribution is -0.140. The topological polar surface area (TPSA) is 72.3 Å². The van der Waals surface area contributed by atoms with Crippen LogP contribution in [0.2, 0.25) is 0 Å². The fourth-order valence-electron chi connectivity index (χ4n) is 4.93. The van der Waals surface area contributed by atoms with Crippen LogP contribution in [-0.2, 0) is 6.18 Å². The number of pyridine rings is 1. The summed E-state index contributed by atoms with van der Waals surface area (Å²) in [5, 5.41) is 0. The number of hydrogen-bond acceptors (Lipinski definition) is 6. The Labute approximate surface area is 182 Å². The van der Waals surface area contributed by atoms with Gasteiger partial charge in [-0.25, -0.2) is 9.97 Å². The lowest BCUT2D eigenvalue weighted by atomic mass is 9.74. The Balaban J connectivity index is 1.42. The molecule has 3 aromatic heterocycles. The highest BCUT2D eigenvalue weighted by atomic mass is 32.2. The van der Waals surface area contributed by atoms with Gasteiger partial charge in [0.15, 0.2) is 5.65 Å². The van der Waals surface area contributed by atoms with Gasteiger partial charge < -0.3 is 10.6 Å². The Hall–Kier alpha value is -2.33. The van der Waals surface area contributed by atoms with Crippen molar-refractivity contribution >= 4 is 23.4 Å². The van der Waals surface area contributed by atoms with Gasteiger partial charge in [0, 0.05) is 55.0 Å². The van der Waals surface area contributed by atoms with Gasteiger partial charge >= 0.3 is 6.18 Å². The molecule has 2 N–H and O–H groups in total. The first-order valence-corrected chi connectivity index (χ1v) is 11.2. The molecule has 10 heteroatoms. The second-order valence-corrected chi connectivity index (χ2v) is 9.45. The molecule has 0 amide bonds. The summed E-state index contributed by atoms with van der Waals surface area (Å²) in [6.07, 6.45) is 8.39. The lowest BCUT2D eigenvalue weighted by Gasteiger charge is -2.42. The predicted octanol–water partition coefficient (Wildman–Crippen LogP) is 4.39. The van der Waals surface area contributed by atoms with Gasteiger partial charge in [-0.3, -0.25) is 9.38 Å². The Bertz CT molecular complexity index is 1090. The summed E-state index contributed by atoms with van der Waals surface area (Å²) >= 11 is 1.01. The number of aromatic nitrogens is 4. The molecule has 0 radical (unpaired) electrons. The minimum atomic E-state index is -4.47. The van der Waals surface area contributed by atoms with Crippen LogP contribution < -0.4 is 10.6 Å². The molecule has 2 aliphatic rings. The molecule has 31 heavy (non-hydrogen) atoms. The maximum Gasteiger partial charge on any atom is 0.418 e. The quantitative estimate of drug-likeness (QED) is 0.641. The zero-order chi connectivity index (χ0) is 21.6. The van der Waals surface area contributed by atoms with E-state index in [1.54, 1.807) is 12.4 Å². The number of nitrogens with two attached hydrogens (primary N) is 1. The number of hydrogen-bond donors (Lipinski definition) is 1. The zero-order valence-corrected chi connectivity index (χ0v) is 17.7. The molecule has 1 saturated carbocycles. The van der Waals surface area contributed by atoms with E-state index < -0.39 is 11.7 Å². The van der Waals surface area contributed by atoms with Crippen molar-refractivity contribution < 1.29 is 13.2 Å². The molecule has 0 aromatic carbocycles. The van der Waals surface area contributed by atoms with Gasteiger partial charge in [0.05, 0.1) is 10.5 Å². The molecule has 1 unspecified atom stereocenters. The minimum Gasteiger partial charge on any atom is -0.342 e. The Morgan fingerprint density at radius 3 is 2.58 bits per heavy atom. The van der Waals surface area contributed by atoms with E-state index >= 15 is 0 Å². The fraction of sp³-hybridized carbons (Fsp3) is 0.476. The van der Waals surface area contributed by atoms with Crippen LogP contribution in [0.25, 0.3) is 5.65 Å². The summed E-state index contributed by atoms with van der Waals surface area (Å²) in [5.41, 5.74) is 6.48. The summed E-state index contributed by atoms with van der Waals surface area (Å²) < 4.78 is 41.9. The first-order chi connectivity index (χ1) is 14.9. The summed E-state index contributed by atoms with van der Waals surface area (Å²) in [7, 11) is 0. The Morgan fingerprint density at radius 2 is 1.87 bits per heavy atom. The first-order valence-electron chi connectivity index (χ1n) is 10.4. The van der Waals surface area contributed by atoms with Gasteiger partial charge in [-0.2, -0.15) is 13.2 Å². The standard InChI is InChI=1S/C21H23F3N6S/c22-21(23,24)14-12-26-7-3-15(14)31-16-13-28-19(30-11-8-27-18(16)30)29-9-5-20(6-10-29)4-1-2-17(20)25/h3,7-8,11-13,17H,1-2,4-6,9-10,25H2. The SMILES string of the molecule is NC1CCCC12CCN(c1ncc(Sc3ccncc3C(F)(F)F)c3nccn13)CC2. The van der Waals surface area contributed by atoms with Crippen LogP contribution in [0.3, 0.4) is 0 Å². The number of piperidine rings is 1. The molecule has 2 fully saturated rings. The van der Waals surface area contributed by atoms with Gasteiger partial charge in [-0.05, 0) is 37.2 Å². The molecule has 1 aliphatic heterocycles. The van der Waals surface area contributed by atoms with E-state index in [1.807, 2.05) is 10.6 Å². The molecule has 164 valence electrons. The molecule has 0 bridgehead atoms. The highest BCUT2D eigenvalue weighted by Crippen LogP contribution is 2.46. The second-order valence-electron chi connectivity index (χ2n) is 8.36. The third-order valence-corrected chi connectivity index (χ3v) is 7.78. The van der Waals surface area contributed by atoms with Crippen molar-refractivity contribution in [1.82, 2.24) is 19.4 Å². The molecule has 4 heterocycles. The molecule has 1 spiro atoms. The Kier molecular flexibility index (Phi) is 5.09. The third-order valence-electron chi connectivity index (χ3n) is 6.70. The fourth-order valence-corrected chi connectivity index (χ4v) is 5.92. The van der Waals surface area contributed by atoms with Crippen LogP contribution in [-0.4, -0.2) is 38.5 Å². The molecule has 1 atom stereocenters. The number of rotatable bonds is 3. The molecule has 3 aromatic rings. The highest BCUT2D eigenvalue weighted by Gasteiger charge is 2.43. The summed E-state index contributed by atoms with van der Waals surface area (Å²) in [4.78, 5) is 15.5. The second kappa shape index (κ2) is 7.67. The monoisotopic (exact) mass is 448 g/mol. The molecular formula is C21H23F3N6S. The van der Waals surface area contributed by atoms with Gasteiger partial charge in [0.1, 0.15) is 0 Å². The van der Waals surface area contributed by atoms with E-state index in [9.17, 15) is 13.2 Å². The number of alkyl halides is 3. The number of halogens is 3. The van der Waals surface area contributed by atoms with E-state index in [-0.39, 0.29) is 16.4 Å². The number of anilines is 1. The van der Waals surface area contributed by atoms with Crippen LogP contribution in [0, 0.1) is 5.41 Å². The van der Waals surface area contributed by atoms with E-state index in [1.165, 1.54) is 25.1 Å². The zero-order valence-electron chi connectivity index (χ0n) is 16.8. The van der Waals surface area contributed by atoms with Crippen LogP contribution in [0.15, 0.2) is 46.8 Å². The van der Waals surface area contributed by atoms with Crippen LogP contribution in [0.1, 0.15) is 37.7 Å². The minimum absolute atomic E-state index is 0.0806. The normalized spacial score (nSPS) is 21.3. The van der Waals surface area contributed by atoms with Gasteiger partial charge in [0.25, 0.3) is 0 Å². The van der Waals surface area contributed by atoms with Crippen molar-refractivity contribution in [3.05, 3.63) is 42.6 Å². The molecule has 1 aliphatic carbocycles. The van der Waals surface area contributed by atoms with Crippen molar-refractivity contribution in [3.63, 3.8) is 0 Å². The summed E-state index contributed by atoms with van der Waals surface area (Å²) in [6, 6.07) is 1.65. The van der Waals surface area contributed by atoms with Crippen LogP contribution in [0.4, 0.5) is 19.1 Å². The molecule has 5 rings (SSSR count). The highest BCUT2D eigenvalue weighted by molar-refractivity contribution is 7.99. The maximum atomic E-state index is 13.4. The van der Waals surface area contributed by atoms with Gasteiger partial charge in [-0.15, -0.1) is 0 Å². The Morgan fingerprint density at radius 1 is 1.06 bits per heavy atom. The maximum absolute atomic E-state index is 13.4. The van der Waals surface area contributed by atoms with Crippen molar-refractivity contribution in [1.29, 1.82) is 0 Å². The lowest BCUT2D eigenvalue weighted by Crippen LogP contribution is -2.47. The number of fused-ring (bicyclic) bond motifs is 1. The molecule has 6 nitrogen and oxygen atoms in total. The van der Waals surface area contributed by atoms with Gasteiger partial charge in [0.2, 0.25) is 5.95 Å². The van der Waals surface area contributed by atoms with E-state index in [0.717, 1.165) is 56.3 Å². The van der Waals surface area contributed by atoms with Gasteiger partial charge in [-0.1, -0.05) is 18.2 Å². The smallest absolute Gasteiger partial charge is 0.342 e. The van der Waals surface area contributed by atoms with E-state index in [2.05, 4.69) is 19.9 Å². The van der Waals surface area contributed by atoms with Crippen molar-refractivity contribution in [2.24, 2.45) is 11.1 Å². The van der Waals surface area contributed by atoms with E-state index in [0.29, 0.717) is 10.5 Å². The van der Waals surface area contributed by atoms with Crippen molar-refractivity contribution in [2.75, 3.05) is 18.0 Å². The largest absolute Gasteiger partial charge is 0.418 e. The average Bonchev–Trinajstić information content (AvgIpc) is 3.37. The summed E-state index contributed by atoms with van der Waals surface area (Å²) in [6.45, 7) is 1.73. The van der Waals surface area contributed by atoms with Crippen LogP contribution in [0.5, 0.6) is 0 Å². The average molecular weight is 449 g/mol. The predicted molar refractivity (Wildman–Crippen MR) is 112 cm³/mol. The summed E-state index contributed by atoms with van der Waals surface area (Å²) in [5.74, 6) is 0.768. The molecule has 1 saturated heterocycles. The first kappa shape index (κ1) is 20.6. The molecular weight excluding hydrogens is 425 g/mol. The van der Waals surface area contributed by atoms with Crippen LogP contribution >= 0.6 is 11.8 Å². The van der Waals surface area contributed by atoms with Crippen molar-refractivity contribution in [3.8, 4) is 0 Å². The third kappa shape index (κ3) is 3.65. The number of imidazole rings is 1. The number of nitrogens with zero attached hydrogens (tertiary/aromatic N) is 5. The van der Waals surface area contributed by atoms with E-state index in [4.69, 9.17) is 5.73 Å².